The first kappa shape index (κ1) is 17.5. The molecule has 0 unspecified atom stereocenters. The van der Waals surface area contributed by atoms with Gasteiger partial charge in [-0.2, -0.15) is 10.2 Å². The third kappa shape index (κ3) is 9.11. The molecule has 0 aliphatic carbocycles. The maximum atomic E-state index is 4.10. The molecule has 4 heteroatoms. The van der Waals surface area contributed by atoms with Crippen LogP contribution in [0.5, 0.6) is 0 Å². The number of hydrogen-bond donors (Lipinski definition) is 0. The number of halogens is 1. The third-order valence-electron chi connectivity index (χ3n) is 1.79. The van der Waals surface area contributed by atoms with Gasteiger partial charge >= 0.3 is 0 Å². The molecule has 2 aromatic rings. The van der Waals surface area contributed by atoms with Crippen LogP contribution in [-0.4, -0.2) is 26.0 Å². The molecule has 0 saturated carbocycles. The topological polar surface area (TPSA) is 28.0 Å². The van der Waals surface area contributed by atoms with Crippen LogP contribution in [0.25, 0.3) is 0 Å². The van der Waals surface area contributed by atoms with E-state index in [0.29, 0.717) is 0 Å². The zero-order valence-electron chi connectivity index (χ0n) is 11.5. The van der Waals surface area contributed by atoms with Crippen molar-refractivity contribution in [1.82, 2.24) is 4.90 Å². The Kier molecular flexibility index (Phi) is 9.57. The van der Waals surface area contributed by atoms with E-state index in [1.807, 2.05) is 86.7 Å². The first-order valence-corrected chi connectivity index (χ1v) is 5.81. The summed E-state index contributed by atoms with van der Waals surface area (Å²) in [6.07, 6.45) is 0. The van der Waals surface area contributed by atoms with Crippen LogP contribution in [0, 0.1) is 0 Å². The van der Waals surface area contributed by atoms with E-state index in [0.717, 1.165) is 11.4 Å². The van der Waals surface area contributed by atoms with Crippen LogP contribution in [0.4, 0.5) is 11.4 Å². The molecule has 2 aromatic carbocycles. The van der Waals surface area contributed by atoms with Crippen LogP contribution in [0.1, 0.15) is 0 Å². The van der Waals surface area contributed by atoms with E-state index in [1.165, 1.54) is 0 Å². The van der Waals surface area contributed by atoms with Crippen molar-refractivity contribution >= 4 is 28.4 Å². The molecule has 0 fully saturated rings. The number of azo groups is 1. The van der Waals surface area contributed by atoms with Gasteiger partial charge in [0.1, 0.15) is 0 Å². The standard InChI is InChI=1S/C12H10N2.C3H9N.BrH/c1-3-7-11(8-4-1)13-14-12-9-5-2-6-10-12;1-4(2)3;/h1-10H;1-3H3;1H. The third-order valence-corrected chi connectivity index (χ3v) is 1.79. The van der Waals surface area contributed by atoms with Crippen LogP contribution < -0.4 is 0 Å². The summed E-state index contributed by atoms with van der Waals surface area (Å²) >= 11 is 0. The molecule has 0 bridgehead atoms. The highest BCUT2D eigenvalue weighted by Gasteiger charge is 1.86. The Morgan fingerprint density at radius 1 is 0.632 bits per heavy atom. The smallest absolute Gasteiger partial charge is 0.0857 e. The predicted molar refractivity (Wildman–Crippen MR) is 87.0 cm³/mol. The lowest BCUT2D eigenvalue weighted by Crippen LogP contribution is -1.99. The first-order valence-electron chi connectivity index (χ1n) is 5.81. The molecule has 0 spiro atoms. The van der Waals surface area contributed by atoms with Gasteiger partial charge in [-0.15, -0.1) is 17.0 Å². The Balaban J connectivity index is 0.000000576. The van der Waals surface area contributed by atoms with Gasteiger partial charge in [0.25, 0.3) is 0 Å². The van der Waals surface area contributed by atoms with Gasteiger partial charge in [-0.1, -0.05) is 36.4 Å². The number of hydrogen-bond acceptors (Lipinski definition) is 3. The maximum Gasteiger partial charge on any atom is 0.0857 e. The number of benzene rings is 2. The van der Waals surface area contributed by atoms with Gasteiger partial charge in [-0.3, -0.25) is 0 Å². The Hall–Kier alpha value is -1.52. The van der Waals surface area contributed by atoms with Gasteiger partial charge in [0.15, 0.2) is 0 Å². The van der Waals surface area contributed by atoms with Gasteiger partial charge in [-0.05, 0) is 45.4 Å². The molecular formula is C15H20BrN3. The van der Waals surface area contributed by atoms with E-state index in [1.54, 1.807) is 0 Å². The summed E-state index contributed by atoms with van der Waals surface area (Å²) in [6, 6.07) is 19.4. The van der Waals surface area contributed by atoms with Crippen LogP contribution in [0.15, 0.2) is 70.9 Å². The van der Waals surface area contributed by atoms with Crippen LogP contribution >= 0.6 is 17.0 Å². The SMILES string of the molecule is Br.CN(C)C.c1ccc(N=Nc2ccccc2)cc1. The Bertz CT molecular complexity index is 411. The zero-order valence-corrected chi connectivity index (χ0v) is 13.2. The van der Waals surface area contributed by atoms with Crippen molar-refractivity contribution < 1.29 is 0 Å². The molecule has 3 nitrogen and oxygen atoms in total. The first-order chi connectivity index (χ1) is 8.68. The van der Waals surface area contributed by atoms with Crippen LogP contribution in [-0.2, 0) is 0 Å². The second-order valence-electron chi connectivity index (χ2n) is 4.21. The lowest BCUT2D eigenvalue weighted by atomic mass is 10.3. The highest BCUT2D eigenvalue weighted by Crippen LogP contribution is 2.16. The fourth-order valence-corrected chi connectivity index (χ4v) is 1.10. The minimum atomic E-state index is 0. The molecule has 0 aliphatic heterocycles. The van der Waals surface area contributed by atoms with Crippen molar-refractivity contribution in [3.8, 4) is 0 Å². The largest absolute Gasteiger partial charge is 0.312 e. The second-order valence-corrected chi connectivity index (χ2v) is 4.21. The average molecular weight is 322 g/mol. The van der Waals surface area contributed by atoms with E-state index in [4.69, 9.17) is 0 Å². The molecule has 0 amide bonds. The summed E-state index contributed by atoms with van der Waals surface area (Å²) in [4.78, 5) is 2.00. The molecule has 0 radical (unpaired) electrons. The fraction of sp³-hybridized carbons (Fsp3) is 0.200. The summed E-state index contributed by atoms with van der Waals surface area (Å²) < 4.78 is 0. The summed E-state index contributed by atoms with van der Waals surface area (Å²) in [5, 5.41) is 8.20. The molecule has 102 valence electrons. The second kappa shape index (κ2) is 10.4. The monoisotopic (exact) mass is 321 g/mol. The molecule has 0 atom stereocenters. The molecule has 0 aliphatic rings. The molecular weight excluding hydrogens is 302 g/mol. The summed E-state index contributed by atoms with van der Waals surface area (Å²) in [5.41, 5.74) is 1.74. The predicted octanol–water partition coefficient (Wildman–Crippen LogP) is 4.86. The van der Waals surface area contributed by atoms with Crippen molar-refractivity contribution in [3.05, 3.63) is 60.7 Å². The molecule has 2 rings (SSSR count). The van der Waals surface area contributed by atoms with E-state index in [9.17, 15) is 0 Å². The Morgan fingerprint density at radius 2 is 0.895 bits per heavy atom. The van der Waals surface area contributed by atoms with Gasteiger partial charge in [-0.25, -0.2) is 0 Å². The van der Waals surface area contributed by atoms with Gasteiger partial charge < -0.3 is 4.90 Å². The number of nitrogens with zero attached hydrogens (tertiary/aromatic N) is 3. The maximum absolute atomic E-state index is 4.10. The summed E-state index contributed by atoms with van der Waals surface area (Å²) in [7, 11) is 6.00. The van der Waals surface area contributed by atoms with E-state index >= 15 is 0 Å². The van der Waals surface area contributed by atoms with Gasteiger partial charge in [0, 0.05) is 0 Å². The summed E-state index contributed by atoms with van der Waals surface area (Å²) in [5.74, 6) is 0. The van der Waals surface area contributed by atoms with Crippen molar-refractivity contribution in [2.75, 3.05) is 21.1 Å². The van der Waals surface area contributed by atoms with Crippen LogP contribution in [0.2, 0.25) is 0 Å². The molecule has 19 heavy (non-hydrogen) atoms. The Labute approximate surface area is 125 Å². The van der Waals surface area contributed by atoms with Gasteiger partial charge in [0.2, 0.25) is 0 Å². The number of rotatable bonds is 2. The molecule has 0 N–H and O–H groups in total. The van der Waals surface area contributed by atoms with Crippen molar-refractivity contribution in [3.63, 3.8) is 0 Å². The lowest BCUT2D eigenvalue weighted by Gasteiger charge is -1.91. The minimum Gasteiger partial charge on any atom is -0.312 e. The normalized spacial score (nSPS) is 9.68. The average Bonchev–Trinajstić information content (AvgIpc) is 2.38. The van der Waals surface area contributed by atoms with Crippen molar-refractivity contribution in [1.29, 1.82) is 0 Å². The minimum absolute atomic E-state index is 0. The Morgan fingerprint density at radius 3 is 1.16 bits per heavy atom. The fourth-order valence-electron chi connectivity index (χ4n) is 1.10. The quantitative estimate of drug-likeness (QED) is 0.726. The zero-order chi connectivity index (χ0) is 13.2. The van der Waals surface area contributed by atoms with E-state index in [2.05, 4.69) is 10.2 Å². The van der Waals surface area contributed by atoms with Crippen molar-refractivity contribution in [2.45, 2.75) is 0 Å². The van der Waals surface area contributed by atoms with E-state index < -0.39 is 0 Å². The van der Waals surface area contributed by atoms with E-state index in [-0.39, 0.29) is 17.0 Å². The van der Waals surface area contributed by atoms with Gasteiger partial charge in [0.05, 0.1) is 11.4 Å². The highest BCUT2D eigenvalue weighted by atomic mass is 79.9. The lowest BCUT2D eigenvalue weighted by molar-refractivity contribution is 0.505. The molecule has 0 heterocycles. The van der Waals surface area contributed by atoms with Crippen molar-refractivity contribution in [2.24, 2.45) is 10.2 Å². The highest BCUT2D eigenvalue weighted by molar-refractivity contribution is 8.93. The van der Waals surface area contributed by atoms with Crippen LogP contribution in [0.3, 0.4) is 0 Å². The molecule has 0 aromatic heterocycles. The summed E-state index contributed by atoms with van der Waals surface area (Å²) in [6.45, 7) is 0. The molecule has 0 saturated heterocycles.